The summed E-state index contributed by atoms with van der Waals surface area (Å²) in [5.41, 5.74) is 1.77. The van der Waals surface area contributed by atoms with Crippen LogP contribution in [0, 0.1) is 0 Å². The van der Waals surface area contributed by atoms with Gasteiger partial charge in [0.25, 0.3) is 0 Å². The third kappa shape index (κ3) is 4.41. The molecule has 22 heavy (non-hydrogen) atoms. The molecule has 0 saturated heterocycles. The molecule has 0 spiro atoms. The van der Waals surface area contributed by atoms with Crippen LogP contribution >= 0.6 is 27.3 Å². The molecule has 0 fully saturated rings. The molecule has 1 heterocycles. The lowest BCUT2D eigenvalue weighted by molar-refractivity contribution is -0.115. The molecule has 1 aromatic heterocycles. The zero-order valence-electron chi connectivity index (χ0n) is 12.0. The van der Waals surface area contributed by atoms with Gasteiger partial charge in [0.15, 0.2) is 9.84 Å². The number of thiophene rings is 1. The predicted molar refractivity (Wildman–Crippen MR) is 93.1 cm³/mol. The van der Waals surface area contributed by atoms with Crippen LogP contribution in [0.5, 0.6) is 0 Å². The minimum Gasteiger partial charge on any atom is -0.326 e. The summed E-state index contributed by atoms with van der Waals surface area (Å²) in [6.07, 6.45) is 0.744. The van der Waals surface area contributed by atoms with E-state index < -0.39 is 9.84 Å². The average Bonchev–Trinajstić information content (AvgIpc) is 2.93. The normalized spacial score (nSPS) is 11.4. The molecule has 1 aromatic carbocycles. The quantitative estimate of drug-likeness (QED) is 0.798. The molecule has 7 heteroatoms. The summed E-state index contributed by atoms with van der Waals surface area (Å²) in [7, 11) is -3.41. The maximum Gasteiger partial charge on any atom is 0.225 e. The summed E-state index contributed by atoms with van der Waals surface area (Å²) in [6.45, 7) is 2.00. The van der Waals surface area contributed by atoms with Gasteiger partial charge in [0, 0.05) is 12.1 Å². The van der Waals surface area contributed by atoms with Gasteiger partial charge in [-0.15, -0.1) is 11.3 Å². The van der Waals surface area contributed by atoms with Crippen LogP contribution in [0.2, 0.25) is 0 Å². The molecule has 0 aliphatic rings. The zero-order valence-corrected chi connectivity index (χ0v) is 15.2. The van der Waals surface area contributed by atoms with Crippen molar-refractivity contribution in [3.8, 4) is 0 Å². The molecule has 2 rings (SSSR count). The van der Waals surface area contributed by atoms with E-state index in [0.29, 0.717) is 0 Å². The van der Waals surface area contributed by atoms with Crippen LogP contribution in [0.15, 0.2) is 44.4 Å². The van der Waals surface area contributed by atoms with Gasteiger partial charge in [0.1, 0.15) is 4.21 Å². The van der Waals surface area contributed by atoms with Crippen molar-refractivity contribution in [1.29, 1.82) is 0 Å². The van der Waals surface area contributed by atoms with Crippen LogP contribution < -0.4 is 5.32 Å². The fraction of sp³-hybridized carbons (Fsp3) is 0.267. The van der Waals surface area contributed by atoms with Crippen molar-refractivity contribution in [3.05, 3.63) is 45.7 Å². The number of rotatable bonds is 6. The first-order chi connectivity index (χ1) is 10.4. The number of sulfone groups is 1. The summed E-state index contributed by atoms with van der Waals surface area (Å²) in [5.74, 6) is -0.486. The lowest BCUT2D eigenvalue weighted by Crippen LogP contribution is -2.17. The molecule has 0 aliphatic heterocycles. The van der Waals surface area contributed by atoms with Crippen LogP contribution in [0.3, 0.4) is 0 Å². The molecule has 0 radical (unpaired) electrons. The molecule has 1 amide bonds. The number of carbonyl (C=O) groups is 1. The highest BCUT2D eigenvalue weighted by atomic mass is 79.9. The lowest BCUT2D eigenvalue weighted by Gasteiger charge is -2.09. The lowest BCUT2D eigenvalue weighted by atomic mass is 10.1. The Morgan fingerprint density at radius 3 is 2.59 bits per heavy atom. The highest BCUT2D eigenvalue weighted by molar-refractivity contribution is 9.11. The van der Waals surface area contributed by atoms with Gasteiger partial charge >= 0.3 is 0 Å². The van der Waals surface area contributed by atoms with Crippen molar-refractivity contribution in [2.24, 2.45) is 0 Å². The summed E-state index contributed by atoms with van der Waals surface area (Å²) >= 11 is 4.39. The molecule has 0 atom stereocenters. The Bertz CT molecular complexity index is 769. The van der Waals surface area contributed by atoms with E-state index in [0.717, 1.165) is 32.8 Å². The molecule has 4 nitrogen and oxygen atoms in total. The van der Waals surface area contributed by atoms with E-state index >= 15 is 0 Å². The number of aryl methyl sites for hydroxylation is 1. The van der Waals surface area contributed by atoms with Gasteiger partial charge in [-0.05, 0) is 46.1 Å². The number of halogens is 1. The molecule has 0 bridgehead atoms. The smallest absolute Gasteiger partial charge is 0.225 e. The molecular weight excluding hydrogens is 386 g/mol. The first kappa shape index (κ1) is 17.2. The molecule has 2 aromatic rings. The Morgan fingerprint density at radius 1 is 1.23 bits per heavy atom. The monoisotopic (exact) mass is 401 g/mol. The second-order valence-electron chi connectivity index (χ2n) is 4.69. The van der Waals surface area contributed by atoms with Gasteiger partial charge < -0.3 is 5.32 Å². The van der Waals surface area contributed by atoms with Crippen LogP contribution in [-0.4, -0.2) is 20.1 Å². The number of hydrogen-bond acceptors (Lipinski definition) is 4. The highest BCUT2D eigenvalue weighted by Gasteiger charge is 2.18. The van der Waals surface area contributed by atoms with Crippen molar-refractivity contribution >= 4 is 48.7 Å². The largest absolute Gasteiger partial charge is 0.326 e. The number of carbonyl (C=O) groups excluding carboxylic acids is 1. The summed E-state index contributed by atoms with van der Waals surface area (Å²) in [4.78, 5) is 12.0. The summed E-state index contributed by atoms with van der Waals surface area (Å²) < 4.78 is 25.3. The van der Waals surface area contributed by atoms with Crippen molar-refractivity contribution in [2.75, 3.05) is 11.1 Å². The third-order valence-electron chi connectivity index (χ3n) is 3.13. The van der Waals surface area contributed by atoms with Crippen molar-refractivity contribution in [3.63, 3.8) is 0 Å². The number of benzene rings is 1. The Balaban J connectivity index is 1.98. The average molecular weight is 402 g/mol. The Hall–Kier alpha value is -1.18. The van der Waals surface area contributed by atoms with Crippen molar-refractivity contribution in [1.82, 2.24) is 0 Å². The Morgan fingerprint density at radius 2 is 1.95 bits per heavy atom. The summed E-state index contributed by atoms with van der Waals surface area (Å²) in [5, 5.41) is 2.78. The third-order valence-corrected chi connectivity index (χ3v) is 7.05. The van der Waals surface area contributed by atoms with Crippen LogP contribution in [0.25, 0.3) is 0 Å². The van der Waals surface area contributed by atoms with Crippen molar-refractivity contribution < 1.29 is 13.2 Å². The fourth-order valence-corrected chi connectivity index (χ4v) is 5.35. The highest BCUT2D eigenvalue weighted by Crippen LogP contribution is 2.27. The van der Waals surface area contributed by atoms with Gasteiger partial charge in [0.05, 0.1) is 9.54 Å². The summed E-state index contributed by atoms with van der Waals surface area (Å²) in [6, 6.07) is 10.8. The van der Waals surface area contributed by atoms with Gasteiger partial charge in [-0.3, -0.25) is 4.79 Å². The van der Waals surface area contributed by atoms with Gasteiger partial charge in [0.2, 0.25) is 5.91 Å². The SMILES string of the molecule is CCc1ccccc1NC(=O)CCS(=O)(=O)c1ccc(Br)s1. The first-order valence-corrected chi connectivity index (χ1v) is 10.0. The number of nitrogens with one attached hydrogen (secondary N) is 1. The number of anilines is 1. The molecule has 1 N–H and O–H groups in total. The first-order valence-electron chi connectivity index (χ1n) is 6.78. The Labute approximate surface area is 142 Å². The van der Waals surface area contributed by atoms with E-state index in [2.05, 4.69) is 21.2 Å². The van der Waals surface area contributed by atoms with E-state index in [1.165, 1.54) is 0 Å². The second-order valence-corrected chi connectivity index (χ2v) is 9.49. The van der Waals surface area contributed by atoms with E-state index in [-0.39, 0.29) is 22.3 Å². The topological polar surface area (TPSA) is 63.2 Å². The standard InChI is InChI=1S/C15H16BrNO3S2/c1-2-11-5-3-4-6-12(11)17-14(18)9-10-22(19,20)15-8-7-13(16)21-15/h3-8H,2,9-10H2,1H3,(H,17,18). The zero-order chi connectivity index (χ0) is 16.2. The maximum atomic E-state index is 12.1. The molecule has 0 aliphatic carbocycles. The van der Waals surface area contributed by atoms with Crippen molar-refractivity contribution in [2.45, 2.75) is 24.0 Å². The molecule has 0 unspecified atom stereocenters. The van der Waals surface area contributed by atoms with Gasteiger partial charge in [-0.2, -0.15) is 0 Å². The predicted octanol–water partition coefficient (Wildman–Crippen LogP) is 3.88. The van der Waals surface area contributed by atoms with Gasteiger partial charge in [-0.25, -0.2) is 8.42 Å². The second kappa shape index (κ2) is 7.39. The van der Waals surface area contributed by atoms with E-state index in [9.17, 15) is 13.2 Å². The fourth-order valence-electron chi connectivity index (χ4n) is 1.96. The number of amides is 1. The van der Waals surface area contributed by atoms with Gasteiger partial charge in [-0.1, -0.05) is 25.1 Å². The van der Waals surface area contributed by atoms with Crippen LogP contribution in [-0.2, 0) is 21.1 Å². The maximum absolute atomic E-state index is 12.1. The van der Waals surface area contributed by atoms with E-state index in [4.69, 9.17) is 0 Å². The van der Waals surface area contributed by atoms with Crippen LogP contribution in [0.1, 0.15) is 18.9 Å². The number of hydrogen-bond donors (Lipinski definition) is 1. The molecule has 0 saturated carbocycles. The van der Waals surface area contributed by atoms with E-state index in [1.807, 2.05) is 31.2 Å². The Kier molecular flexibility index (Phi) is 5.77. The minimum atomic E-state index is -3.41. The number of para-hydroxylation sites is 1. The minimum absolute atomic E-state index is 0.0596. The van der Waals surface area contributed by atoms with E-state index in [1.54, 1.807) is 12.1 Å². The molecule has 118 valence electrons. The molecular formula is C15H16BrNO3S2. The van der Waals surface area contributed by atoms with Crippen LogP contribution in [0.4, 0.5) is 5.69 Å².